The number of aromatic nitrogens is 1. The van der Waals surface area contributed by atoms with Crippen LogP contribution in [0.4, 0.5) is 0 Å². The van der Waals surface area contributed by atoms with E-state index < -0.39 is 0 Å². The van der Waals surface area contributed by atoms with Gasteiger partial charge in [0, 0.05) is 13.0 Å². The lowest BCUT2D eigenvalue weighted by Gasteiger charge is -1.89. The number of rotatable bonds is 3. The van der Waals surface area contributed by atoms with E-state index in [1.807, 2.05) is 17.5 Å². The van der Waals surface area contributed by atoms with Gasteiger partial charge in [-0.25, -0.2) is 4.98 Å². The van der Waals surface area contributed by atoms with Crippen LogP contribution >= 0.6 is 34.3 Å². The van der Waals surface area contributed by atoms with Gasteiger partial charge in [0.15, 0.2) is 0 Å². The molecule has 0 saturated carbocycles. The van der Waals surface area contributed by atoms with Crippen molar-refractivity contribution < 1.29 is 5.11 Å². The van der Waals surface area contributed by atoms with Crippen LogP contribution in [0.3, 0.4) is 0 Å². The maximum absolute atomic E-state index is 8.79. The van der Waals surface area contributed by atoms with Gasteiger partial charge in [0.25, 0.3) is 0 Å². The fourth-order valence-electron chi connectivity index (χ4n) is 1.10. The number of nitrogens with zero attached hydrogens (tertiary/aromatic N) is 1. The number of aliphatic hydroxyl groups excluding tert-OH is 1. The molecule has 0 aliphatic heterocycles. The highest BCUT2D eigenvalue weighted by atomic mass is 35.5. The molecule has 0 spiro atoms. The average Bonchev–Trinajstić information content (AvgIpc) is 2.76. The highest BCUT2D eigenvalue weighted by Gasteiger charge is 2.10. The van der Waals surface area contributed by atoms with Crippen LogP contribution in [-0.2, 0) is 6.42 Å². The molecule has 5 heteroatoms. The summed E-state index contributed by atoms with van der Waals surface area (Å²) in [6, 6.07) is 4.00. The molecular weight excluding hydrogens is 238 g/mol. The van der Waals surface area contributed by atoms with Gasteiger partial charge in [0.2, 0.25) is 0 Å². The summed E-state index contributed by atoms with van der Waals surface area (Å²) in [5, 5.41) is 11.7. The first-order chi connectivity index (χ1) is 6.81. The molecule has 2 rings (SSSR count). The van der Waals surface area contributed by atoms with Crippen LogP contribution in [0.2, 0.25) is 4.34 Å². The molecule has 0 unspecified atom stereocenters. The monoisotopic (exact) mass is 245 g/mol. The Labute approximate surface area is 94.8 Å². The van der Waals surface area contributed by atoms with Crippen LogP contribution < -0.4 is 0 Å². The Hall–Kier alpha value is -0.420. The predicted octanol–water partition coefficient (Wildman–Crippen LogP) is 3.06. The van der Waals surface area contributed by atoms with Crippen LogP contribution in [0.5, 0.6) is 0 Å². The molecule has 0 aromatic carbocycles. The number of thiophene rings is 1. The molecule has 2 heterocycles. The lowest BCUT2D eigenvalue weighted by atomic mass is 10.3. The van der Waals surface area contributed by atoms with Gasteiger partial charge in [-0.2, -0.15) is 0 Å². The van der Waals surface area contributed by atoms with Gasteiger partial charge in [0.1, 0.15) is 9.34 Å². The Morgan fingerprint density at radius 1 is 1.50 bits per heavy atom. The lowest BCUT2D eigenvalue weighted by molar-refractivity contribution is 0.298. The second kappa shape index (κ2) is 4.40. The number of thiazole rings is 1. The SMILES string of the molecule is OCCc1nc(-c2cccs2)sc1Cl. The largest absolute Gasteiger partial charge is 0.396 e. The van der Waals surface area contributed by atoms with Gasteiger partial charge >= 0.3 is 0 Å². The van der Waals surface area contributed by atoms with Crippen molar-refractivity contribution in [3.63, 3.8) is 0 Å². The first kappa shape index (κ1) is 10.1. The summed E-state index contributed by atoms with van der Waals surface area (Å²) in [6.07, 6.45) is 0.528. The zero-order valence-electron chi connectivity index (χ0n) is 7.24. The number of hydrogen-bond donors (Lipinski definition) is 1. The van der Waals surface area contributed by atoms with Crippen molar-refractivity contribution in [3.05, 3.63) is 27.5 Å². The van der Waals surface area contributed by atoms with Crippen molar-refractivity contribution >= 4 is 34.3 Å². The minimum atomic E-state index is 0.0906. The summed E-state index contributed by atoms with van der Waals surface area (Å²) in [5.41, 5.74) is 0.794. The second-order valence-corrected chi connectivity index (χ2v) is 5.24. The van der Waals surface area contributed by atoms with Crippen LogP contribution in [0.1, 0.15) is 5.69 Å². The third kappa shape index (κ3) is 1.98. The number of halogens is 1. The normalized spacial score (nSPS) is 10.7. The molecule has 1 N–H and O–H groups in total. The standard InChI is InChI=1S/C9H8ClNOS2/c10-8-6(3-4-12)11-9(14-8)7-2-1-5-13-7/h1-2,5,12H,3-4H2. The average molecular weight is 246 g/mol. The molecule has 0 saturated heterocycles. The molecule has 0 aliphatic rings. The molecular formula is C9H8ClNOS2. The molecule has 14 heavy (non-hydrogen) atoms. The van der Waals surface area contributed by atoms with Crippen LogP contribution in [0.15, 0.2) is 17.5 Å². The van der Waals surface area contributed by atoms with Crippen molar-refractivity contribution in [2.45, 2.75) is 6.42 Å². The van der Waals surface area contributed by atoms with Gasteiger partial charge in [-0.05, 0) is 11.4 Å². The summed E-state index contributed by atoms with van der Waals surface area (Å²) in [5.74, 6) is 0. The molecule has 0 atom stereocenters. The van der Waals surface area contributed by atoms with Gasteiger partial charge in [0.05, 0.1) is 10.6 Å². The molecule has 2 nitrogen and oxygen atoms in total. The zero-order chi connectivity index (χ0) is 9.97. The maximum atomic E-state index is 8.79. The molecule has 0 amide bonds. The van der Waals surface area contributed by atoms with Crippen molar-refractivity contribution in [1.29, 1.82) is 0 Å². The number of aliphatic hydroxyl groups is 1. The Morgan fingerprint density at radius 2 is 2.36 bits per heavy atom. The topological polar surface area (TPSA) is 33.1 Å². The van der Waals surface area contributed by atoms with E-state index in [0.717, 1.165) is 15.6 Å². The fraction of sp³-hybridized carbons (Fsp3) is 0.222. The third-order valence-corrected chi connectivity index (χ3v) is 4.11. The third-order valence-electron chi connectivity index (χ3n) is 1.73. The summed E-state index contributed by atoms with van der Waals surface area (Å²) < 4.78 is 0.683. The maximum Gasteiger partial charge on any atom is 0.135 e. The molecule has 2 aromatic rings. The Kier molecular flexibility index (Phi) is 3.18. The quantitative estimate of drug-likeness (QED) is 0.902. The Balaban J connectivity index is 2.33. The summed E-state index contributed by atoms with van der Waals surface area (Å²) in [7, 11) is 0. The van der Waals surface area contributed by atoms with Gasteiger partial charge in [-0.1, -0.05) is 17.7 Å². The van der Waals surface area contributed by atoms with E-state index in [9.17, 15) is 0 Å². The highest BCUT2D eigenvalue weighted by molar-refractivity contribution is 7.23. The minimum Gasteiger partial charge on any atom is -0.396 e. The summed E-state index contributed by atoms with van der Waals surface area (Å²) in [4.78, 5) is 5.50. The van der Waals surface area contributed by atoms with Crippen molar-refractivity contribution in [2.75, 3.05) is 6.61 Å². The molecule has 0 aliphatic carbocycles. The first-order valence-electron chi connectivity index (χ1n) is 4.11. The van der Waals surface area contributed by atoms with E-state index in [2.05, 4.69) is 4.98 Å². The lowest BCUT2D eigenvalue weighted by Crippen LogP contribution is -1.90. The first-order valence-corrected chi connectivity index (χ1v) is 6.18. The van der Waals surface area contributed by atoms with E-state index in [1.165, 1.54) is 11.3 Å². The van der Waals surface area contributed by atoms with E-state index in [0.29, 0.717) is 10.8 Å². The fourth-order valence-corrected chi connectivity index (χ4v) is 3.09. The summed E-state index contributed by atoms with van der Waals surface area (Å²) in [6.45, 7) is 0.0906. The van der Waals surface area contributed by atoms with Gasteiger partial charge < -0.3 is 5.11 Å². The van der Waals surface area contributed by atoms with Gasteiger partial charge in [-0.3, -0.25) is 0 Å². The Bertz CT molecular complexity index is 410. The highest BCUT2D eigenvalue weighted by Crippen LogP contribution is 2.34. The van der Waals surface area contributed by atoms with Gasteiger partial charge in [-0.15, -0.1) is 22.7 Å². The van der Waals surface area contributed by atoms with Crippen LogP contribution in [0, 0.1) is 0 Å². The molecule has 0 bridgehead atoms. The van der Waals surface area contributed by atoms with Crippen molar-refractivity contribution in [2.24, 2.45) is 0 Å². The van der Waals surface area contributed by atoms with Crippen LogP contribution in [-0.4, -0.2) is 16.7 Å². The Morgan fingerprint density at radius 3 is 3.00 bits per heavy atom. The minimum absolute atomic E-state index is 0.0906. The molecule has 0 radical (unpaired) electrons. The molecule has 0 fully saturated rings. The zero-order valence-corrected chi connectivity index (χ0v) is 9.62. The van der Waals surface area contributed by atoms with Crippen molar-refractivity contribution in [3.8, 4) is 9.88 Å². The van der Waals surface area contributed by atoms with E-state index in [-0.39, 0.29) is 6.61 Å². The van der Waals surface area contributed by atoms with E-state index in [1.54, 1.807) is 11.3 Å². The number of hydrogen-bond acceptors (Lipinski definition) is 4. The summed E-state index contributed by atoms with van der Waals surface area (Å²) >= 11 is 9.10. The van der Waals surface area contributed by atoms with Crippen molar-refractivity contribution in [1.82, 2.24) is 4.98 Å². The second-order valence-electron chi connectivity index (χ2n) is 2.69. The van der Waals surface area contributed by atoms with Crippen LogP contribution in [0.25, 0.3) is 9.88 Å². The smallest absolute Gasteiger partial charge is 0.135 e. The molecule has 2 aromatic heterocycles. The van der Waals surface area contributed by atoms with E-state index >= 15 is 0 Å². The predicted molar refractivity (Wildman–Crippen MR) is 61.2 cm³/mol. The molecule has 74 valence electrons. The van der Waals surface area contributed by atoms with E-state index in [4.69, 9.17) is 16.7 Å².